The maximum atomic E-state index is 12.8. The second kappa shape index (κ2) is 10.9. The van der Waals surface area contributed by atoms with Gasteiger partial charge in [0.1, 0.15) is 11.5 Å². The van der Waals surface area contributed by atoms with Gasteiger partial charge in [0.25, 0.3) is 20.0 Å². The fraction of sp³-hybridized carbons (Fsp3) is 0.111. The van der Waals surface area contributed by atoms with Crippen molar-refractivity contribution in [2.75, 3.05) is 16.2 Å². The molecule has 2 N–H and O–H groups in total. The summed E-state index contributed by atoms with van der Waals surface area (Å²) in [5, 5.41) is 0. The molecule has 0 aliphatic heterocycles. The van der Waals surface area contributed by atoms with Crippen LogP contribution in [0.15, 0.2) is 107 Å². The van der Waals surface area contributed by atoms with Crippen molar-refractivity contribution in [1.82, 2.24) is 0 Å². The van der Waals surface area contributed by atoms with Crippen LogP contribution in [0.5, 0.6) is 11.5 Å². The summed E-state index contributed by atoms with van der Waals surface area (Å²) in [6.45, 7) is 3.45. The number of rotatable bonds is 10. The highest BCUT2D eigenvalue weighted by Crippen LogP contribution is 2.29. The summed E-state index contributed by atoms with van der Waals surface area (Å²) in [4.78, 5) is 0.248. The number of para-hydroxylation sites is 4. The lowest BCUT2D eigenvalue weighted by molar-refractivity contribution is 0.121. The van der Waals surface area contributed by atoms with Crippen molar-refractivity contribution in [3.05, 3.63) is 108 Å². The average molecular weight is 539 g/mol. The van der Waals surface area contributed by atoms with Crippen molar-refractivity contribution in [2.45, 2.75) is 23.6 Å². The van der Waals surface area contributed by atoms with Gasteiger partial charge < -0.3 is 9.47 Å². The van der Waals surface area contributed by atoms with Crippen molar-refractivity contribution >= 4 is 31.4 Å². The van der Waals surface area contributed by atoms with E-state index in [0.29, 0.717) is 0 Å². The second-order valence-electron chi connectivity index (χ2n) is 8.24. The summed E-state index contributed by atoms with van der Waals surface area (Å²) in [5.74, 6) is 0.492. The van der Waals surface area contributed by atoms with Gasteiger partial charge in [-0.25, -0.2) is 16.8 Å². The SMILES string of the molecule is Cc1ccc(S(=O)(=O)Nc2ccccc2OCOc2ccccc2NS(=O)(=O)c2ccc(C)cc2)cc1. The highest BCUT2D eigenvalue weighted by molar-refractivity contribution is 7.93. The van der Waals surface area contributed by atoms with E-state index in [2.05, 4.69) is 9.44 Å². The fourth-order valence-electron chi connectivity index (χ4n) is 3.35. The molecule has 8 nitrogen and oxygen atoms in total. The maximum absolute atomic E-state index is 12.8. The fourth-order valence-corrected chi connectivity index (χ4v) is 5.49. The van der Waals surface area contributed by atoms with Gasteiger partial charge >= 0.3 is 0 Å². The van der Waals surface area contributed by atoms with Gasteiger partial charge in [-0.2, -0.15) is 0 Å². The quantitative estimate of drug-likeness (QED) is 0.265. The Labute approximate surface area is 217 Å². The van der Waals surface area contributed by atoms with E-state index >= 15 is 0 Å². The Kier molecular flexibility index (Phi) is 7.70. The predicted molar refractivity (Wildman–Crippen MR) is 143 cm³/mol. The lowest BCUT2D eigenvalue weighted by atomic mass is 10.2. The van der Waals surface area contributed by atoms with Crippen LogP contribution in [0.25, 0.3) is 0 Å². The molecule has 4 aromatic rings. The highest BCUT2D eigenvalue weighted by Gasteiger charge is 2.18. The smallest absolute Gasteiger partial charge is 0.262 e. The van der Waals surface area contributed by atoms with Crippen LogP contribution < -0.4 is 18.9 Å². The number of ether oxygens (including phenoxy) is 2. The molecule has 0 atom stereocenters. The Bertz CT molecular complexity index is 1460. The topological polar surface area (TPSA) is 111 Å². The first-order valence-corrected chi connectivity index (χ1v) is 14.2. The molecule has 192 valence electrons. The van der Waals surface area contributed by atoms with Crippen molar-refractivity contribution in [3.8, 4) is 11.5 Å². The van der Waals surface area contributed by atoms with Gasteiger partial charge in [-0.3, -0.25) is 9.44 Å². The van der Waals surface area contributed by atoms with Crippen LogP contribution in [0.1, 0.15) is 11.1 Å². The number of hydrogen-bond acceptors (Lipinski definition) is 6. The van der Waals surface area contributed by atoms with E-state index < -0.39 is 20.0 Å². The van der Waals surface area contributed by atoms with Crippen molar-refractivity contribution in [2.24, 2.45) is 0 Å². The summed E-state index contributed by atoms with van der Waals surface area (Å²) in [5.41, 5.74) is 2.36. The summed E-state index contributed by atoms with van der Waals surface area (Å²) in [6, 6.07) is 26.1. The third-order valence-corrected chi connectivity index (χ3v) is 8.12. The molecule has 0 aliphatic carbocycles. The normalized spacial score (nSPS) is 11.5. The van der Waals surface area contributed by atoms with Gasteiger partial charge in [0.15, 0.2) is 0 Å². The number of hydrogen-bond donors (Lipinski definition) is 2. The molecule has 0 aromatic heterocycles. The summed E-state index contributed by atoms with van der Waals surface area (Å²) in [6.07, 6.45) is 0. The van der Waals surface area contributed by atoms with Gasteiger partial charge in [-0.05, 0) is 62.4 Å². The number of anilines is 2. The zero-order valence-electron chi connectivity index (χ0n) is 20.2. The monoisotopic (exact) mass is 538 g/mol. The first-order chi connectivity index (χ1) is 17.6. The van der Waals surface area contributed by atoms with E-state index in [4.69, 9.17) is 9.47 Å². The standard InChI is InChI=1S/C27H26N2O6S2/c1-20-11-15-22(16-12-20)36(30,31)28-24-7-3-5-9-26(24)34-19-35-27-10-6-4-8-25(27)29-37(32,33)23-17-13-21(2)14-18-23/h3-18,28-29H,19H2,1-2H3. The molecule has 0 fully saturated rings. The molecule has 0 bridgehead atoms. The van der Waals surface area contributed by atoms with E-state index in [9.17, 15) is 16.8 Å². The van der Waals surface area contributed by atoms with Crippen LogP contribution >= 0.6 is 0 Å². The van der Waals surface area contributed by atoms with Gasteiger partial charge in [-0.1, -0.05) is 59.7 Å². The zero-order valence-corrected chi connectivity index (χ0v) is 21.8. The molecule has 0 saturated carbocycles. The Morgan fingerprint density at radius 1 is 0.541 bits per heavy atom. The largest absolute Gasteiger partial charge is 0.455 e. The molecule has 0 amide bonds. The minimum absolute atomic E-state index is 0.124. The van der Waals surface area contributed by atoms with E-state index in [1.165, 1.54) is 24.3 Å². The van der Waals surface area contributed by atoms with Crippen LogP contribution in [0.2, 0.25) is 0 Å². The number of aryl methyl sites for hydroxylation is 2. The van der Waals surface area contributed by atoms with Crippen LogP contribution in [-0.4, -0.2) is 23.6 Å². The number of benzene rings is 4. The predicted octanol–water partition coefficient (Wildman–Crippen LogP) is 5.32. The molecule has 10 heteroatoms. The molecule has 4 aromatic carbocycles. The molecular weight excluding hydrogens is 512 g/mol. The molecular formula is C27H26N2O6S2. The molecule has 0 saturated heterocycles. The average Bonchev–Trinajstić information content (AvgIpc) is 2.86. The summed E-state index contributed by atoms with van der Waals surface area (Å²) in [7, 11) is -7.67. The Balaban J connectivity index is 1.45. The summed E-state index contributed by atoms with van der Waals surface area (Å²) < 4.78 is 67.7. The van der Waals surface area contributed by atoms with Gasteiger partial charge in [0.2, 0.25) is 6.79 Å². The Morgan fingerprint density at radius 2 is 0.892 bits per heavy atom. The van der Waals surface area contributed by atoms with E-state index in [1.54, 1.807) is 72.8 Å². The molecule has 0 heterocycles. The van der Waals surface area contributed by atoms with Gasteiger partial charge in [0.05, 0.1) is 21.2 Å². The van der Waals surface area contributed by atoms with Crippen LogP contribution in [0.3, 0.4) is 0 Å². The third-order valence-electron chi connectivity index (χ3n) is 5.35. The summed E-state index contributed by atoms with van der Waals surface area (Å²) >= 11 is 0. The first kappa shape index (κ1) is 26.1. The van der Waals surface area contributed by atoms with E-state index in [1.807, 2.05) is 13.8 Å². The van der Waals surface area contributed by atoms with Crippen LogP contribution in [0.4, 0.5) is 11.4 Å². The number of nitrogens with one attached hydrogen (secondary N) is 2. The Morgan fingerprint density at radius 3 is 1.27 bits per heavy atom. The van der Waals surface area contributed by atoms with E-state index in [-0.39, 0.29) is 39.5 Å². The van der Waals surface area contributed by atoms with Crippen LogP contribution in [0, 0.1) is 13.8 Å². The lowest BCUT2D eigenvalue weighted by Gasteiger charge is -2.16. The van der Waals surface area contributed by atoms with Crippen molar-refractivity contribution in [3.63, 3.8) is 0 Å². The molecule has 0 aliphatic rings. The van der Waals surface area contributed by atoms with Crippen molar-refractivity contribution in [1.29, 1.82) is 0 Å². The van der Waals surface area contributed by atoms with E-state index in [0.717, 1.165) is 11.1 Å². The Hall–Kier alpha value is -4.02. The minimum atomic E-state index is -3.83. The molecule has 0 spiro atoms. The van der Waals surface area contributed by atoms with Gasteiger partial charge in [0, 0.05) is 0 Å². The maximum Gasteiger partial charge on any atom is 0.262 e. The molecule has 0 radical (unpaired) electrons. The minimum Gasteiger partial charge on any atom is -0.455 e. The second-order valence-corrected chi connectivity index (χ2v) is 11.6. The molecule has 0 unspecified atom stereocenters. The molecule has 37 heavy (non-hydrogen) atoms. The number of sulfonamides is 2. The van der Waals surface area contributed by atoms with Crippen molar-refractivity contribution < 1.29 is 26.3 Å². The third kappa shape index (κ3) is 6.60. The van der Waals surface area contributed by atoms with Gasteiger partial charge in [-0.15, -0.1) is 0 Å². The highest BCUT2D eigenvalue weighted by atomic mass is 32.2. The lowest BCUT2D eigenvalue weighted by Crippen LogP contribution is -2.16. The first-order valence-electron chi connectivity index (χ1n) is 11.3. The molecule has 4 rings (SSSR count). The van der Waals surface area contributed by atoms with Crippen LogP contribution in [-0.2, 0) is 20.0 Å². The zero-order chi connectivity index (χ0) is 26.5.